The average molecular weight is 437 g/mol. The number of carbonyl (C=O) groups is 1. The Morgan fingerprint density at radius 1 is 1.10 bits per heavy atom. The summed E-state index contributed by atoms with van der Waals surface area (Å²) in [5.74, 6) is 1.45. The minimum absolute atomic E-state index is 0.227. The summed E-state index contributed by atoms with van der Waals surface area (Å²) in [4.78, 5) is 25.0. The molecule has 5 rings (SSSR count). The Hall–Kier alpha value is -3.60. The molecule has 4 heterocycles. The molecule has 0 saturated heterocycles. The van der Waals surface area contributed by atoms with E-state index in [1.165, 1.54) is 22.4 Å². The smallest absolute Gasteiger partial charge is 0.324 e. The van der Waals surface area contributed by atoms with Gasteiger partial charge in [-0.2, -0.15) is 9.36 Å². The van der Waals surface area contributed by atoms with Gasteiger partial charge in [0.2, 0.25) is 5.91 Å². The second-order valence-corrected chi connectivity index (χ2v) is 8.24. The summed E-state index contributed by atoms with van der Waals surface area (Å²) >= 11 is 1.37. The number of nitrogens with zero attached hydrogens (tertiary/aromatic N) is 7. The summed E-state index contributed by atoms with van der Waals surface area (Å²) in [5, 5.41) is 21.7. The molecule has 0 fully saturated rings. The fourth-order valence-corrected chi connectivity index (χ4v) is 4.34. The lowest BCUT2D eigenvalue weighted by Gasteiger charge is -2.09. The first-order chi connectivity index (χ1) is 15.2. The summed E-state index contributed by atoms with van der Waals surface area (Å²) in [5.41, 5.74) is 1.05. The highest BCUT2D eigenvalue weighted by molar-refractivity contribution is 7.12. The van der Waals surface area contributed by atoms with Crippen LogP contribution in [0.4, 0.5) is 5.69 Å². The molecule has 0 saturated carbocycles. The van der Waals surface area contributed by atoms with Crippen LogP contribution in [0.1, 0.15) is 25.1 Å². The number of carbonyl (C=O) groups excluding carboxylic acids is 1. The van der Waals surface area contributed by atoms with Crippen molar-refractivity contribution in [2.75, 3.05) is 5.32 Å². The van der Waals surface area contributed by atoms with E-state index < -0.39 is 5.69 Å². The summed E-state index contributed by atoms with van der Waals surface area (Å²) < 4.78 is 4.38. The first kappa shape index (κ1) is 19.4. The molecule has 31 heavy (non-hydrogen) atoms. The van der Waals surface area contributed by atoms with Crippen LogP contribution in [0, 0.1) is 0 Å². The van der Waals surface area contributed by atoms with Gasteiger partial charge in [-0.1, -0.05) is 18.6 Å². The van der Waals surface area contributed by atoms with Gasteiger partial charge in [0.05, 0.1) is 0 Å². The quantitative estimate of drug-likeness (QED) is 0.513. The van der Waals surface area contributed by atoms with Gasteiger partial charge in [-0.15, -0.1) is 21.5 Å². The number of thiophene rings is 1. The number of hydrogen-bond acceptors (Lipinski definition) is 7. The monoisotopic (exact) mass is 436 g/mol. The maximum Gasteiger partial charge on any atom is 0.369 e. The molecule has 158 valence electrons. The number of rotatable bonds is 5. The molecule has 1 aliphatic rings. The molecule has 0 spiro atoms. The third kappa shape index (κ3) is 3.91. The SMILES string of the molecule is O=C(Cn1nnn(-c2cccs2)c1=O)Nc1cccc(-c2nnc3n2CCCCC3)c1. The first-order valence-corrected chi connectivity index (χ1v) is 11.0. The van der Waals surface area contributed by atoms with E-state index in [1.54, 1.807) is 12.1 Å². The summed E-state index contributed by atoms with van der Waals surface area (Å²) in [6.45, 7) is 0.672. The van der Waals surface area contributed by atoms with Crippen molar-refractivity contribution in [3.63, 3.8) is 0 Å². The number of anilines is 1. The van der Waals surface area contributed by atoms with Crippen LogP contribution >= 0.6 is 11.3 Å². The molecular formula is C20H20N8O2S. The Morgan fingerprint density at radius 3 is 2.90 bits per heavy atom. The Morgan fingerprint density at radius 2 is 2.03 bits per heavy atom. The number of tetrazole rings is 1. The molecule has 1 amide bonds. The number of aromatic nitrogens is 7. The van der Waals surface area contributed by atoms with Crippen LogP contribution in [0.25, 0.3) is 16.4 Å². The van der Waals surface area contributed by atoms with Crippen LogP contribution in [0.3, 0.4) is 0 Å². The normalized spacial score (nSPS) is 13.5. The molecule has 11 heteroatoms. The Labute approximate surface area is 181 Å². The van der Waals surface area contributed by atoms with Crippen molar-refractivity contribution in [1.29, 1.82) is 0 Å². The van der Waals surface area contributed by atoms with Gasteiger partial charge in [0.1, 0.15) is 17.4 Å². The highest BCUT2D eigenvalue weighted by Crippen LogP contribution is 2.24. The zero-order chi connectivity index (χ0) is 21.2. The average Bonchev–Trinajstić information content (AvgIpc) is 3.47. The largest absolute Gasteiger partial charge is 0.369 e. The standard InChI is InChI=1S/C20H20N8O2S/c29-17(13-27-20(30)28(25-24-27)18-9-5-11-31-18)21-15-7-4-6-14(12-15)19-23-22-16-8-2-1-3-10-26(16)19/h4-7,9,11-12H,1-3,8,10,13H2,(H,21,29). The number of fused-ring (bicyclic) bond motifs is 1. The van der Waals surface area contributed by atoms with Crippen LogP contribution in [0.2, 0.25) is 0 Å². The van der Waals surface area contributed by atoms with E-state index in [0.29, 0.717) is 10.7 Å². The third-order valence-corrected chi connectivity index (χ3v) is 6.01. The Bertz CT molecular complexity index is 1270. The van der Waals surface area contributed by atoms with E-state index in [9.17, 15) is 9.59 Å². The zero-order valence-electron chi connectivity index (χ0n) is 16.6. The van der Waals surface area contributed by atoms with Crippen molar-refractivity contribution in [3.05, 3.63) is 58.1 Å². The zero-order valence-corrected chi connectivity index (χ0v) is 17.5. The van der Waals surface area contributed by atoms with Gasteiger partial charge in [0.25, 0.3) is 0 Å². The minimum Gasteiger partial charge on any atom is -0.324 e. The number of aryl methyl sites for hydroxylation is 1. The predicted octanol–water partition coefficient (Wildman–Crippen LogP) is 2.11. The second kappa shape index (κ2) is 8.26. The number of nitrogens with one attached hydrogen (secondary N) is 1. The molecule has 4 aromatic rings. The molecule has 1 N–H and O–H groups in total. The summed E-state index contributed by atoms with van der Waals surface area (Å²) in [6.07, 6.45) is 4.36. The molecule has 0 bridgehead atoms. The fraction of sp³-hybridized carbons (Fsp3) is 0.300. The molecule has 0 aliphatic carbocycles. The highest BCUT2D eigenvalue weighted by atomic mass is 32.1. The van der Waals surface area contributed by atoms with Crippen molar-refractivity contribution in [2.24, 2.45) is 0 Å². The topological polar surface area (TPSA) is 113 Å². The number of hydrogen-bond donors (Lipinski definition) is 1. The van der Waals surface area contributed by atoms with Gasteiger partial charge in [-0.3, -0.25) is 4.79 Å². The van der Waals surface area contributed by atoms with Gasteiger partial charge >= 0.3 is 5.69 Å². The molecule has 10 nitrogen and oxygen atoms in total. The van der Waals surface area contributed by atoms with E-state index in [0.717, 1.165) is 47.7 Å². The van der Waals surface area contributed by atoms with Crippen molar-refractivity contribution in [2.45, 2.75) is 38.8 Å². The van der Waals surface area contributed by atoms with E-state index >= 15 is 0 Å². The predicted molar refractivity (Wildman–Crippen MR) is 115 cm³/mol. The van der Waals surface area contributed by atoms with Crippen LogP contribution in [-0.2, 0) is 24.3 Å². The van der Waals surface area contributed by atoms with Crippen LogP contribution < -0.4 is 11.0 Å². The molecule has 3 aromatic heterocycles. The van der Waals surface area contributed by atoms with E-state index in [2.05, 4.69) is 30.5 Å². The molecule has 0 radical (unpaired) electrons. The molecular weight excluding hydrogens is 416 g/mol. The lowest BCUT2D eigenvalue weighted by atomic mass is 10.2. The first-order valence-electron chi connectivity index (χ1n) is 10.1. The Kier molecular flexibility index (Phi) is 5.16. The van der Waals surface area contributed by atoms with Gasteiger partial charge in [-0.25, -0.2) is 4.79 Å². The summed E-state index contributed by atoms with van der Waals surface area (Å²) in [6, 6.07) is 11.1. The highest BCUT2D eigenvalue weighted by Gasteiger charge is 2.17. The van der Waals surface area contributed by atoms with Crippen LogP contribution in [0.15, 0.2) is 46.6 Å². The van der Waals surface area contributed by atoms with Gasteiger partial charge in [-0.05, 0) is 52.9 Å². The fourth-order valence-electron chi connectivity index (χ4n) is 3.67. The van der Waals surface area contributed by atoms with Crippen molar-refractivity contribution >= 4 is 22.9 Å². The van der Waals surface area contributed by atoms with Crippen molar-refractivity contribution < 1.29 is 4.79 Å². The lowest BCUT2D eigenvalue weighted by molar-refractivity contribution is -0.117. The maximum absolute atomic E-state index is 12.5. The molecule has 1 aliphatic heterocycles. The van der Waals surface area contributed by atoms with Gasteiger partial charge in [0.15, 0.2) is 5.82 Å². The van der Waals surface area contributed by atoms with Gasteiger partial charge < -0.3 is 9.88 Å². The maximum atomic E-state index is 12.5. The van der Waals surface area contributed by atoms with Crippen molar-refractivity contribution in [3.8, 4) is 16.4 Å². The molecule has 0 atom stereocenters. The molecule has 1 aromatic carbocycles. The summed E-state index contributed by atoms with van der Waals surface area (Å²) in [7, 11) is 0. The van der Waals surface area contributed by atoms with E-state index in [-0.39, 0.29) is 12.5 Å². The Balaban J connectivity index is 1.32. The van der Waals surface area contributed by atoms with Crippen molar-refractivity contribution in [1.82, 2.24) is 34.6 Å². The number of benzene rings is 1. The lowest BCUT2D eigenvalue weighted by Crippen LogP contribution is -2.29. The molecule has 0 unspecified atom stereocenters. The third-order valence-electron chi connectivity index (χ3n) is 5.16. The van der Waals surface area contributed by atoms with E-state index in [1.807, 2.05) is 29.6 Å². The second-order valence-electron chi connectivity index (χ2n) is 7.31. The van der Waals surface area contributed by atoms with Gasteiger partial charge in [0, 0.05) is 24.2 Å². The minimum atomic E-state index is -0.461. The van der Waals surface area contributed by atoms with E-state index in [4.69, 9.17) is 0 Å². The van der Waals surface area contributed by atoms with Crippen LogP contribution in [-0.4, -0.2) is 40.5 Å². The van der Waals surface area contributed by atoms with Crippen LogP contribution in [0.5, 0.6) is 0 Å². The number of amides is 1.